The van der Waals surface area contributed by atoms with Crippen molar-refractivity contribution in [2.75, 3.05) is 20.1 Å². The first-order valence-corrected chi connectivity index (χ1v) is 6.30. The molecule has 0 radical (unpaired) electrons. The number of nitrogens with zero attached hydrogens (tertiary/aromatic N) is 2. The lowest BCUT2D eigenvalue weighted by Crippen LogP contribution is -2.31. The third kappa shape index (κ3) is 4.68. The third-order valence-electron chi connectivity index (χ3n) is 2.77. The zero-order valence-corrected chi connectivity index (χ0v) is 12.2. The van der Waals surface area contributed by atoms with Crippen molar-refractivity contribution in [3.05, 3.63) is 48.3 Å². The van der Waals surface area contributed by atoms with Crippen LogP contribution in [0.2, 0.25) is 0 Å². The molecule has 0 spiro atoms. The Hall–Kier alpha value is -1.85. The Bertz CT molecular complexity index is 510. The van der Waals surface area contributed by atoms with Crippen LogP contribution in [0.4, 0.5) is 0 Å². The van der Waals surface area contributed by atoms with E-state index >= 15 is 0 Å². The normalized spacial score (nSPS) is 9.85. The quantitative estimate of drug-likeness (QED) is 0.787. The van der Waals surface area contributed by atoms with Crippen LogP contribution in [0.3, 0.4) is 0 Å². The minimum absolute atomic E-state index is 0. The fourth-order valence-corrected chi connectivity index (χ4v) is 1.76. The number of likely N-dealkylation sites (N-methyl/N-ethyl adjacent to an activating group) is 1. The van der Waals surface area contributed by atoms with Gasteiger partial charge >= 0.3 is 0 Å². The zero-order chi connectivity index (χ0) is 13.5. The molecule has 0 aliphatic heterocycles. The smallest absolute Gasteiger partial charge is 0.224 e. The largest absolute Gasteiger partial charge is 0.355 e. The summed E-state index contributed by atoms with van der Waals surface area (Å²) in [7, 11) is 1.86. The van der Waals surface area contributed by atoms with E-state index in [4.69, 9.17) is 0 Å². The molecule has 1 aromatic heterocycles. The van der Waals surface area contributed by atoms with E-state index in [-0.39, 0.29) is 18.3 Å². The molecule has 5 nitrogen and oxygen atoms in total. The van der Waals surface area contributed by atoms with Crippen molar-refractivity contribution < 1.29 is 4.79 Å². The Labute approximate surface area is 124 Å². The van der Waals surface area contributed by atoms with Crippen LogP contribution in [-0.4, -0.2) is 35.8 Å². The number of carbonyl (C=O) groups excluding carboxylic acids is 1. The maximum atomic E-state index is 11.6. The lowest BCUT2D eigenvalue weighted by Gasteiger charge is -2.06. The second-order valence-electron chi connectivity index (χ2n) is 4.25. The summed E-state index contributed by atoms with van der Waals surface area (Å²) >= 11 is 0. The molecule has 1 amide bonds. The molecule has 0 atom stereocenters. The van der Waals surface area contributed by atoms with Crippen LogP contribution >= 0.6 is 12.4 Å². The number of halogens is 1. The lowest BCUT2D eigenvalue weighted by atomic mass is 10.1. The molecule has 2 aromatic rings. The molecule has 0 saturated heterocycles. The summed E-state index contributed by atoms with van der Waals surface area (Å²) in [4.78, 5) is 11.6. The number of nitrogens with one attached hydrogen (secondary N) is 2. The second kappa shape index (κ2) is 8.35. The molecular weight excluding hydrogens is 276 g/mol. The molecule has 0 fully saturated rings. The molecule has 0 bridgehead atoms. The highest BCUT2D eigenvalue weighted by Crippen LogP contribution is 2.08. The van der Waals surface area contributed by atoms with Crippen LogP contribution in [-0.2, 0) is 11.2 Å². The van der Waals surface area contributed by atoms with Gasteiger partial charge in [0.2, 0.25) is 5.91 Å². The highest BCUT2D eigenvalue weighted by Gasteiger charge is 2.03. The molecule has 20 heavy (non-hydrogen) atoms. The fourth-order valence-electron chi connectivity index (χ4n) is 1.76. The van der Waals surface area contributed by atoms with Crippen molar-refractivity contribution in [3.8, 4) is 5.69 Å². The molecule has 108 valence electrons. The van der Waals surface area contributed by atoms with Gasteiger partial charge in [0, 0.05) is 25.5 Å². The van der Waals surface area contributed by atoms with E-state index in [0.717, 1.165) is 17.8 Å². The van der Waals surface area contributed by atoms with Crippen LogP contribution in [0.15, 0.2) is 42.7 Å². The predicted octanol–water partition coefficient (Wildman–Crippen LogP) is 1.17. The van der Waals surface area contributed by atoms with Crippen molar-refractivity contribution in [2.24, 2.45) is 0 Å². The molecule has 6 heteroatoms. The Morgan fingerprint density at radius 3 is 2.60 bits per heavy atom. The number of carbonyl (C=O) groups is 1. The van der Waals surface area contributed by atoms with Crippen LogP contribution in [0.25, 0.3) is 5.69 Å². The lowest BCUT2D eigenvalue weighted by molar-refractivity contribution is -0.120. The monoisotopic (exact) mass is 294 g/mol. The predicted molar refractivity (Wildman–Crippen MR) is 81.5 cm³/mol. The first kappa shape index (κ1) is 16.2. The number of benzene rings is 1. The first-order valence-electron chi connectivity index (χ1n) is 6.30. The first-order chi connectivity index (χ1) is 9.29. The summed E-state index contributed by atoms with van der Waals surface area (Å²) < 4.78 is 1.79. The van der Waals surface area contributed by atoms with Crippen LogP contribution in [0, 0.1) is 0 Å². The summed E-state index contributed by atoms with van der Waals surface area (Å²) in [5.74, 6) is 0.0436. The van der Waals surface area contributed by atoms with Crippen molar-refractivity contribution in [3.63, 3.8) is 0 Å². The Morgan fingerprint density at radius 1 is 1.25 bits per heavy atom. The number of hydrogen-bond acceptors (Lipinski definition) is 3. The van der Waals surface area contributed by atoms with Crippen molar-refractivity contribution in [1.29, 1.82) is 0 Å². The van der Waals surface area contributed by atoms with Gasteiger partial charge in [0.05, 0.1) is 12.1 Å². The molecule has 1 aromatic carbocycles. The van der Waals surface area contributed by atoms with Crippen molar-refractivity contribution in [2.45, 2.75) is 6.42 Å². The summed E-state index contributed by atoms with van der Waals surface area (Å²) in [6.45, 7) is 1.44. The van der Waals surface area contributed by atoms with Crippen LogP contribution in [0.5, 0.6) is 0 Å². The van der Waals surface area contributed by atoms with E-state index in [0.29, 0.717) is 13.0 Å². The maximum Gasteiger partial charge on any atom is 0.224 e. The van der Waals surface area contributed by atoms with Gasteiger partial charge in [-0.15, -0.1) is 12.4 Å². The molecule has 1 heterocycles. The van der Waals surface area contributed by atoms with E-state index < -0.39 is 0 Å². The number of rotatable bonds is 6. The molecule has 2 N–H and O–H groups in total. The van der Waals surface area contributed by atoms with E-state index in [1.54, 1.807) is 10.9 Å². The Morgan fingerprint density at radius 2 is 2.00 bits per heavy atom. The fraction of sp³-hybridized carbons (Fsp3) is 0.286. The van der Waals surface area contributed by atoms with E-state index in [2.05, 4.69) is 15.7 Å². The number of aromatic nitrogens is 2. The Kier molecular flexibility index (Phi) is 6.76. The van der Waals surface area contributed by atoms with Crippen molar-refractivity contribution >= 4 is 18.3 Å². The van der Waals surface area contributed by atoms with Gasteiger partial charge in [-0.3, -0.25) is 4.79 Å². The van der Waals surface area contributed by atoms with Gasteiger partial charge in [-0.05, 0) is 30.8 Å². The van der Waals surface area contributed by atoms with Gasteiger partial charge in [0.25, 0.3) is 0 Å². The average Bonchev–Trinajstić information content (AvgIpc) is 2.94. The van der Waals surface area contributed by atoms with Crippen LogP contribution < -0.4 is 10.6 Å². The summed E-state index contributed by atoms with van der Waals surface area (Å²) in [5.41, 5.74) is 1.99. The topological polar surface area (TPSA) is 58.9 Å². The van der Waals surface area contributed by atoms with E-state index in [1.807, 2.05) is 43.6 Å². The molecule has 2 rings (SSSR count). The molecule has 0 aliphatic carbocycles. The maximum absolute atomic E-state index is 11.6. The molecule has 0 unspecified atom stereocenters. The van der Waals surface area contributed by atoms with Crippen molar-refractivity contribution in [1.82, 2.24) is 20.4 Å². The van der Waals surface area contributed by atoms with Gasteiger partial charge in [0.1, 0.15) is 0 Å². The average molecular weight is 295 g/mol. The summed E-state index contributed by atoms with van der Waals surface area (Å²) in [6.07, 6.45) is 4.03. The van der Waals surface area contributed by atoms with Gasteiger partial charge < -0.3 is 10.6 Å². The number of hydrogen-bond donors (Lipinski definition) is 2. The molecular formula is C14H19ClN4O. The van der Waals surface area contributed by atoms with E-state index in [1.165, 1.54) is 0 Å². The summed E-state index contributed by atoms with van der Waals surface area (Å²) in [6, 6.07) is 9.71. The van der Waals surface area contributed by atoms with Gasteiger partial charge in [0.15, 0.2) is 0 Å². The van der Waals surface area contributed by atoms with Gasteiger partial charge in [-0.1, -0.05) is 12.1 Å². The third-order valence-corrected chi connectivity index (χ3v) is 2.77. The molecule has 0 aliphatic rings. The molecule has 0 saturated carbocycles. The SMILES string of the molecule is CNCCNC(=O)Cc1ccc(-n2cccn2)cc1.Cl. The minimum atomic E-state index is 0. The Balaban J connectivity index is 0.00000200. The standard InChI is InChI=1S/C14H18N4O.ClH/c1-15-8-9-16-14(19)11-12-3-5-13(6-4-12)18-10-2-7-17-18;/h2-7,10,15H,8-9,11H2,1H3,(H,16,19);1H. The highest BCUT2D eigenvalue weighted by atomic mass is 35.5. The summed E-state index contributed by atoms with van der Waals surface area (Å²) in [5, 5.41) is 10.00. The van der Waals surface area contributed by atoms with Gasteiger partial charge in [-0.2, -0.15) is 5.10 Å². The second-order valence-corrected chi connectivity index (χ2v) is 4.25. The highest BCUT2D eigenvalue weighted by molar-refractivity contribution is 5.85. The van der Waals surface area contributed by atoms with E-state index in [9.17, 15) is 4.79 Å². The number of amides is 1. The van der Waals surface area contributed by atoms with Crippen LogP contribution in [0.1, 0.15) is 5.56 Å². The zero-order valence-electron chi connectivity index (χ0n) is 11.4. The minimum Gasteiger partial charge on any atom is -0.355 e. The van der Waals surface area contributed by atoms with Gasteiger partial charge in [-0.25, -0.2) is 4.68 Å².